The molecule has 1 aliphatic rings. The van der Waals surface area contributed by atoms with Crippen molar-refractivity contribution in [1.82, 2.24) is 0 Å². The number of amides is 1. The number of epoxide rings is 1. The molecule has 0 aromatic heterocycles. The largest absolute Gasteiger partial charge is 0.371 e. The van der Waals surface area contributed by atoms with Gasteiger partial charge in [0.15, 0.2) is 5.78 Å². The summed E-state index contributed by atoms with van der Waals surface area (Å²) in [7, 11) is 0. The van der Waals surface area contributed by atoms with E-state index in [9.17, 15) is 9.59 Å². The summed E-state index contributed by atoms with van der Waals surface area (Å²) in [5.41, 5.74) is 1.18. The van der Waals surface area contributed by atoms with Crippen LogP contribution in [0.5, 0.6) is 0 Å². The lowest BCUT2D eigenvalue weighted by Crippen LogP contribution is -2.14. The maximum Gasteiger partial charge on any atom is 0.224 e. The molecule has 1 saturated heterocycles. The molecule has 1 heterocycles. The number of carbonyl (C=O) groups excluding carboxylic acids is 2. The number of hydrogen-bond donors (Lipinski definition) is 1. The van der Waals surface area contributed by atoms with Crippen molar-refractivity contribution in [2.75, 3.05) is 25.1 Å². The average Bonchev–Trinajstić information content (AvgIpc) is 3.23. The van der Waals surface area contributed by atoms with E-state index < -0.39 is 0 Å². The van der Waals surface area contributed by atoms with E-state index >= 15 is 0 Å². The summed E-state index contributed by atoms with van der Waals surface area (Å²) < 4.78 is 10.3. The molecule has 5 heteroatoms. The van der Waals surface area contributed by atoms with Crippen LogP contribution in [0.25, 0.3) is 0 Å². The molecule has 108 valence electrons. The highest BCUT2D eigenvalue weighted by atomic mass is 16.6. The van der Waals surface area contributed by atoms with E-state index in [2.05, 4.69) is 5.32 Å². The predicted molar refractivity (Wildman–Crippen MR) is 74.9 cm³/mol. The fourth-order valence-electron chi connectivity index (χ4n) is 1.75. The molecule has 0 aliphatic carbocycles. The Labute approximate surface area is 118 Å². The molecule has 1 aliphatic heterocycles. The average molecular weight is 277 g/mol. The molecule has 0 bridgehead atoms. The number of benzene rings is 1. The highest BCUT2D eigenvalue weighted by Gasteiger charge is 2.22. The molecule has 2 rings (SSSR count). The molecule has 1 unspecified atom stereocenters. The van der Waals surface area contributed by atoms with Gasteiger partial charge >= 0.3 is 0 Å². The highest BCUT2D eigenvalue weighted by molar-refractivity contribution is 5.99. The fourth-order valence-corrected chi connectivity index (χ4v) is 1.75. The Morgan fingerprint density at radius 2 is 2.25 bits per heavy atom. The Balaban J connectivity index is 1.86. The Morgan fingerprint density at radius 3 is 2.95 bits per heavy atom. The van der Waals surface area contributed by atoms with Crippen molar-refractivity contribution in [3.63, 3.8) is 0 Å². The smallest absolute Gasteiger partial charge is 0.224 e. The maximum atomic E-state index is 11.9. The monoisotopic (exact) mass is 277 g/mol. The molecular formula is C15H19NO4. The van der Waals surface area contributed by atoms with Crippen molar-refractivity contribution < 1.29 is 19.1 Å². The topological polar surface area (TPSA) is 67.9 Å². The second-order valence-electron chi connectivity index (χ2n) is 4.77. The van der Waals surface area contributed by atoms with Crippen molar-refractivity contribution in [3.05, 3.63) is 29.8 Å². The molecule has 0 radical (unpaired) electrons. The van der Waals surface area contributed by atoms with E-state index in [0.717, 1.165) is 6.42 Å². The number of nitrogens with one attached hydrogen (secondary N) is 1. The van der Waals surface area contributed by atoms with Crippen LogP contribution in [-0.4, -0.2) is 37.6 Å². The minimum absolute atomic E-state index is 0.0339. The van der Waals surface area contributed by atoms with Crippen LogP contribution in [0.2, 0.25) is 0 Å². The fraction of sp³-hybridized carbons (Fsp3) is 0.467. The van der Waals surface area contributed by atoms with Gasteiger partial charge in [-0.2, -0.15) is 0 Å². The summed E-state index contributed by atoms with van der Waals surface area (Å²) in [6.07, 6.45) is 1.42. The summed E-state index contributed by atoms with van der Waals surface area (Å²) in [6.45, 7) is 3.15. The second kappa shape index (κ2) is 7.17. The minimum atomic E-state index is -0.0998. The second-order valence-corrected chi connectivity index (χ2v) is 4.77. The molecular weight excluding hydrogens is 258 g/mol. The van der Waals surface area contributed by atoms with Gasteiger partial charge in [-0.1, -0.05) is 19.1 Å². The van der Waals surface area contributed by atoms with Gasteiger partial charge in [0.1, 0.15) is 12.7 Å². The zero-order valence-corrected chi connectivity index (χ0v) is 11.6. The van der Waals surface area contributed by atoms with Crippen LogP contribution in [0, 0.1) is 0 Å². The van der Waals surface area contributed by atoms with Crippen LogP contribution >= 0.6 is 0 Å². The van der Waals surface area contributed by atoms with Gasteiger partial charge in [0.25, 0.3) is 0 Å². The number of ketones is 1. The lowest BCUT2D eigenvalue weighted by Gasteiger charge is -2.07. The van der Waals surface area contributed by atoms with Gasteiger partial charge in [-0.15, -0.1) is 0 Å². The summed E-state index contributed by atoms with van der Waals surface area (Å²) in [4.78, 5) is 23.4. The number of hydrogen-bond acceptors (Lipinski definition) is 4. The molecule has 0 saturated carbocycles. The summed E-state index contributed by atoms with van der Waals surface area (Å²) in [6, 6.07) is 6.91. The quantitative estimate of drug-likeness (QED) is 0.583. The Bertz CT molecular complexity index is 483. The van der Waals surface area contributed by atoms with Crippen LogP contribution in [0.3, 0.4) is 0 Å². The molecule has 1 aromatic carbocycles. The first-order chi connectivity index (χ1) is 9.69. The molecule has 1 fully saturated rings. The predicted octanol–water partition coefficient (Wildman–Crippen LogP) is 2.02. The molecule has 1 amide bonds. The van der Waals surface area contributed by atoms with Crippen LogP contribution in [0.1, 0.15) is 30.1 Å². The van der Waals surface area contributed by atoms with E-state index in [1.54, 1.807) is 24.3 Å². The lowest BCUT2D eigenvalue weighted by molar-refractivity contribution is -0.116. The van der Waals surface area contributed by atoms with E-state index in [-0.39, 0.29) is 24.4 Å². The van der Waals surface area contributed by atoms with E-state index in [1.165, 1.54) is 0 Å². The number of ether oxygens (including phenoxy) is 2. The van der Waals surface area contributed by atoms with Gasteiger partial charge in [0.2, 0.25) is 5.91 Å². The third-order valence-corrected chi connectivity index (χ3v) is 2.88. The first kappa shape index (κ1) is 14.7. The molecule has 20 heavy (non-hydrogen) atoms. The van der Waals surface area contributed by atoms with Crippen LogP contribution in [-0.2, 0) is 14.3 Å². The first-order valence-corrected chi connectivity index (χ1v) is 6.81. The van der Waals surface area contributed by atoms with E-state index in [1.807, 2.05) is 6.92 Å². The normalized spacial score (nSPS) is 16.8. The van der Waals surface area contributed by atoms with Crippen LogP contribution in [0.15, 0.2) is 24.3 Å². The van der Waals surface area contributed by atoms with Gasteiger partial charge in [-0.05, 0) is 18.6 Å². The van der Waals surface area contributed by atoms with Gasteiger partial charge in [0.05, 0.1) is 13.2 Å². The Kier molecular flexibility index (Phi) is 5.26. The number of rotatable bonds is 8. The zero-order chi connectivity index (χ0) is 14.4. The highest BCUT2D eigenvalue weighted by Crippen LogP contribution is 2.13. The standard InChI is InChI=1S/C15H19NO4/c1-2-4-15(18)16-12-6-3-5-11(7-12)14(17)10-19-8-13-9-20-13/h3,5-7,13H,2,4,8-10H2,1H3,(H,16,18). The summed E-state index contributed by atoms with van der Waals surface area (Å²) in [5, 5.41) is 2.77. The third-order valence-electron chi connectivity index (χ3n) is 2.88. The molecule has 1 aromatic rings. The van der Waals surface area contributed by atoms with Crippen molar-refractivity contribution in [2.24, 2.45) is 0 Å². The molecule has 5 nitrogen and oxygen atoms in total. The van der Waals surface area contributed by atoms with Crippen molar-refractivity contribution in [3.8, 4) is 0 Å². The minimum Gasteiger partial charge on any atom is -0.371 e. The van der Waals surface area contributed by atoms with Crippen LogP contribution in [0.4, 0.5) is 5.69 Å². The van der Waals surface area contributed by atoms with Gasteiger partial charge < -0.3 is 14.8 Å². The van der Waals surface area contributed by atoms with Gasteiger partial charge in [-0.3, -0.25) is 9.59 Å². The Hall–Kier alpha value is -1.72. The van der Waals surface area contributed by atoms with Crippen LogP contribution < -0.4 is 5.32 Å². The van der Waals surface area contributed by atoms with Gasteiger partial charge in [0, 0.05) is 17.7 Å². The molecule has 1 atom stereocenters. The maximum absolute atomic E-state index is 11.9. The SMILES string of the molecule is CCCC(=O)Nc1cccc(C(=O)COCC2CO2)c1. The third kappa shape index (κ3) is 4.75. The lowest BCUT2D eigenvalue weighted by atomic mass is 10.1. The number of anilines is 1. The first-order valence-electron chi connectivity index (χ1n) is 6.81. The molecule has 0 spiro atoms. The summed E-state index contributed by atoms with van der Waals surface area (Å²) >= 11 is 0. The van der Waals surface area contributed by atoms with Crippen molar-refractivity contribution in [2.45, 2.75) is 25.9 Å². The van der Waals surface area contributed by atoms with Gasteiger partial charge in [-0.25, -0.2) is 0 Å². The molecule has 1 N–H and O–H groups in total. The van der Waals surface area contributed by atoms with Crippen molar-refractivity contribution >= 4 is 17.4 Å². The van der Waals surface area contributed by atoms with E-state index in [4.69, 9.17) is 9.47 Å². The summed E-state index contributed by atoms with van der Waals surface area (Å²) in [5.74, 6) is -0.142. The zero-order valence-electron chi connectivity index (χ0n) is 11.6. The van der Waals surface area contributed by atoms with E-state index in [0.29, 0.717) is 30.9 Å². The number of Topliss-reactive ketones (excluding diaryl/α,β-unsaturated/α-hetero) is 1. The number of carbonyl (C=O) groups is 2. The van der Waals surface area contributed by atoms with Crippen molar-refractivity contribution in [1.29, 1.82) is 0 Å². The Morgan fingerprint density at radius 1 is 1.45 bits per heavy atom.